The average Bonchev–Trinajstić information content (AvgIpc) is 3.34. The summed E-state index contributed by atoms with van der Waals surface area (Å²) >= 11 is -2.19. The molecule has 2 aromatic rings. The Kier molecular flexibility index (Phi) is 13.2. The monoisotopic (exact) mass is 509 g/mol. The maximum atomic E-state index is 11.9. The molecule has 2 rings (SSSR count). The van der Waals surface area contributed by atoms with Gasteiger partial charge in [-0.05, 0) is 0 Å². The Hall–Kier alpha value is -1.29. The van der Waals surface area contributed by atoms with Crippen LogP contribution < -0.4 is 9.20 Å². The van der Waals surface area contributed by atoms with Crippen molar-refractivity contribution < 1.29 is 31.3 Å². The van der Waals surface area contributed by atoms with Crippen molar-refractivity contribution in [3.63, 3.8) is 0 Å². The zero-order valence-corrected chi connectivity index (χ0v) is 21.4. The zero-order chi connectivity index (χ0) is 21.2. The molecule has 1 atom stereocenters. The van der Waals surface area contributed by atoms with E-state index in [1.165, 1.54) is 8.93 Å². The third kappa shape index (κ3) is 8.94. The smallest absolute Gasteiger partial charge is 0.214 e. The molecule has 0 aromatic heterocycles. The topological polar surface area (TPSA) is 38.8 Å². The number of allylic oxidation sites excluding steroid dienone is 1. The number of carbonyl (C=O) groups is 1. The van der Waals surface area contributed by atoms with Gasteiger partial charge in [-0.1, -0.05) is 0 Å². The van der Waals surface area contributed by atoms with Crippen LogP contribution in [0.4, 0.5) is 0 Å². The van der Waals surface area contributed by atoms with Crippen LogP contribution in [0.2, 0.25) is 11.6 Å². The minimum atomic E-state index is -2.19. The van der Waals surface area contributed by atoms with E-state index in [0.717, 1.165) is 12.2 Å². The second kappa shape index (κ2) is 13.8. The maximum absolute atomic E-state index is 11.9. The molecule has 0 aliphatic carbocycles. The molecule has 0 fully saturated rings. The number of esters is 1. The summed E-state index contributed by atoms with van der Waals surface area (Å²) in [5.74, 6) is 5.23. The van der Waals surface area contributed by atoms with Crippen LogP contribution in [0, 0.1) is 0 Å². The van der Waals surface area contributed by atoms with Crippen LogP contribution in [-0.4, -0.2) is 50.6 Å². The molecule has 4 nitrogen and oxygen atoms in total. The fourth-order valence-corrected chi connectivity index (χ4v) is 7.69. The summed E-state index contributed by atoms with van der Waals surface area (Å²) in [6.45, 7) is 6.35. The van der Waals surface area contributed by atoms with E-state index in [-0.39, 0.29) is 29.3 Å². The van der Waals surface area contributed by atoms with Crippen LogP contribution >= 0.6 is 0 Å². The van der Waals surface area contributed by atoms with Gasteiger partial charge < -0.3 is 0 Å². The molecule has 29 heavy (non-hydrogen) atoms. The quantitative estimate of drug-likeness (QED) is 0.174. The second-order valence-electron chi connectivity index (χ2n) is 6.94. The van der Waals surface area contributed by atoms with Crippen molar-refractivity contribution in [2.24, 2.45) is 0 Å². The molecule has 0 amide bonds. The van der Waals surface area contributed by atoms with Gasteiger partial charge in [0, 0.05) is 0 Å². The van der Waals surface area contributed by atoms with Crippen molar-refractivity contribution >= 4 is 23.3 Å². The molecule has 0 unspecified atom stereocenters. The van der Waals surface area contributed by atoms with E-state index >= 15 is 0 Å². The molecule has 0 bridgehead atoms. The Morgan fingerprint density at radius 1 is 1.21 bits per heavy atom. The SMILES string of the molecule is CCOC(=O)/C=C(/CC)[Se](C)(C)c1cc[cH-]c1O[C@H](C)N(C)C.[Fe+2].c1cc[cH-]c1. The van der Waals surface area contributed by atoms with Gasteiger partial charge >= 0.3 is 160 Å². The van der Waals surface area contributed by atoms with Gasteiger partial charge in [0.15, 0.2) is 0 Å². The average molecular weight is 508 g/mol. The normalized spacial score (nSPS) is 13.0. The molecular formula is C23H35FeNO3Se. The Morgan fingerprint density at radius 3 is 2.28 bits per heavy atom. The van der Waals surface area contributed by atoms with Gasteiger partial charge in [0.2, 0.25) is 0 Å². The Labute approximate surface area is 189 Å². The molecule has 0 aliphatic heterocycles. The first-order valence-corrected chi connectivity index (χ1v) is 14.7. The number of hydrogen-bond acceptors (Lipinski definition) is 4. The third-order valence-electron chi connectivity index (χ3n) is 4.44. The molecule has 164 valence electrons. The first kappa shape index (κ1) is 27.7. The van der Waals surface area contributed by atoms with Crippen LogP contribution in [-0.2, 0) is 26.6 Å². The molecule has 0 radical (unpaired) electrons. The summed E-state index contributed by atoms with van der Waals surface area (Å²) in [4.78, 5) is 13.9. The van der Waals surface area contributed by atoms with Crippen molar-refractivity contribution in [3.05, 3.63) is 59.1 Å². The summed E-state index contributed by atoms with van der Waals surface area (Å²) in [7, 11) is 3.99. The van der Waals surface area contributed by atoms with Gasteiger partial charge in [-0.3, -0.25) is 0 Å². The molecule has 0 spiro atoms. The number of ether oxygens (including phenoxy) is 2. The number of carbonyl (C=O) groups excluding carboxylic acids is 1. The van der Waals surface area contributed by atoms with Crippen molar-refractivity contribution in [1.29, 1.82) is 0 Å². The molecule has 0 saturated heterocycles. The molecular weight excluding hydrogens is 473 g/mol. The van der Waals surface area contributed by atoms with Gasteiger partial charge in [0.25, 0.3) is 0 Å². The molecule has 0 saturated carbocycles. The minimum Gasteiger partial charge on any atom is -0.214 e. The fourth-order valence-electron chi connectivity index (χ4n) is 2.58. The van der Waals surface area contributed by atoms with E-state index in [9.17, 15) is 4.79 Å². The number of rotatable bonds is 8. The number of hydrogen-bond donors (Lipinski definition) is 0. The predicted molar refractivity (Wildman–Crippen MR) is 120 cm³/mol. The predicted octanol–water partition coefficient (Wildman–Crippen LogP) is 4.45. The van der Waals surface area contributed by atoms with E-state index < -0.39 is 12.8 Å². The van der Waals surface area contributed by atoms with Crippen LogP contribution in [0.1, 0.15) is 27.2 Å². The van der Waals surface area contributed by atoms with E-state index in [2.05, 4.69) is 24.6 Å². The third-order valence-corrected chi connectivity index (χ3v) is 11.1. The van der Waals surface area contributed by atoms with E-state index in [0.29, 0.717) is 6.61 Å². The summed E-state index contributed by atoms with van der Waals surface area (Å²) in [6.07, 6.45) is 2.54. The van der Waals surface area contributed by atoms with Gasteiger partial charge in [-0.15, -0.1) is 0 Å². The Bertz CT molecular complexity index is 703. The van der Waals surface area contributed by atoms with Crippen molar-refractivity contribution in [3.8, 4) is 5.75 Å². The number of nitrogens with zero attached hydrogens (tertiary/aromatic N) is 1. The minimum absolute atomic E-state index is 0. The zero-order valence-electron chi connectivity index (χ0n) is 18.6. The van der Waals surface area contributed by atoms with Gasteiger partial charge in [-0.25, -0.2) is 12.1 Å². The van der Waals surface area contributed by atoms with Crippen LogP contribution in [0.15, 0.2) is 59.1 Å². The van der Waals surface area contributed by atoms with Crippen molar-refractivity contribution in [2.45, 2.75) is 45.1 Å². The molecule has 6 heteroatoms. The summed E-state index contributed by atoms with van der Waals surface area (Å²) in [5.41, 5.74) is 0. The fraction of sp³-hybridized carbons (Fsp3) is 0.435. The molecule has 0 aliphatic rings. The maximum Gasteiger partial charge on any atom is 2.00 e. The van der Waals surface area contributed by atoms with Crippen LogP contribution in [0.3, 0.4) is 0 Å². The molecule has 0 N–H and O–H groups in total. The van der Waals surface area contributed by atoms with Gasteiger partial charge in [0.1, 0.15) is 0 Å². The van der Waals surface area contributed by atoms with E-state index in [1.807, 2.05) is 75.3 Å². The summed E-state index contributed by atoms with van der Waals surface area (Å²) in [5, 5.41) is 0. The second-order valence-corrected chi connectivity index (χ2v) is 14.5. The molecule has 0 heterocycles. The first-order chi connectivity index (χ1) is 13.2. The van der Waals surface area contributed by atoms with Crippen LogP contribution in [0.25, 0.3) is 0 Å². The van der Waals surface area contributed by atoms with Gasteiger partial charge in [-0.2, -0.15) is 18.2 Å². The largest absolute Gasteiger partial charge is 2.00 e. The van der Waals surface area contributed by atoms with Gasteiger partial charge in [0.05, 0.1) is 0 Å². The Balaban J connectivity index is 0.00000113. The summed E-state index contributed by atoms with van der Waals surface area (Å²) in [6, 6.07) is 16.2. The molecule has 2 aromatic carbocycles. The summed E-state index contributed by atoms with van der Waals surface area (Å²) < 4.78 is 13.6. The van der Waals surface area contributed by atoms with Crippen molar-refractivity contribution in [1.82, 2.24) is 4.90 Å². The standard InChI is InChI=1S/C18H30NO3Se.C5H5.Fe/c1-8-15(13-18(20)21-9-2)23(6,7)17-12-10-11-16(17)22-14(3)19(4)5;1-2-4-5-3-1;/h10-14H,8-9H2,1-7H3;1-5H;/q2*-1;+2/b15-13-;;/t14-;;/m1../s1. The van der Waals surface area contributed by atoms with Crippen molar-refractivity contribution in [2.75, 3.05) is 20.7 Å². The van der Waals surface area contributed by atoms with E-state index in [4.69, 9.17) is 9.47 Å². The first-order valence-electron chi connectivity index (χ1n) is 9.60. The Morgan fingerprint density at radius 2 is 1.83 bits per heavy atom. The van der Waals surface area contributed by atoms with Crippen LogP contribution in [0.5, 0.6) is 5.75 Å². The van der Waals surface area contributed by atoms with E-state index in [1.54, 1.807) is 6.08 Å².